The fraction of sp³-hybridized carbons (Fsp3) is 0.381. The normalized spacial score (nSPS) is 17.5. The summed E-state index contributed by atoms with van der Waals surface area (Å²) in [6.07, 6.45) is 2.54. The first-order valence-electron chi connectivity index (χ1n) is 9.30. The van der Waals surface area contributed by atoms with E-state index in [2.05, 4.69) is 17.1 Å². The van der Waals surface area contributed by atoms with Crippen LogP contribution in [0.2, 0.25) is 0 Å². The third-order valence-electron chi connectivity index (χ3n) is 5.04. The molecule has 27 heavy (non-hydrogen) atoms. The van der Waals surface area contributed by atoms with Crippen LogP contribution in [0.25, 0.3) is 0 Å². The summed E-state index contributed by atoms with van der Waals surface area (Å²) < 4.78 is 0. The van der Waals surface area contributed by atoms with Crippen molar-refractivity contribution in [1.82, 2.24) is 4.90 Å². The molecule has 1 fully saturated rings. The molecule has 1 atom stereocenters. The van der Waals surface area contributed by atoms with Crippen LogP contribution in [0, 0.1) is 23.0 Å². The van der Waals surface area contributed by atoms with Gasteiger partial charge in [0, 0.05) is 30.8 Å². The standard InChI is InChI=1S/C21H25N3O3/c1-15-4-3-11-23(13-15)14-17-6-8-18(9-7-17)21(25)22-20-12-19(24(26)27)10-5-16(20)2/h5-10,12,15H,3-4,11,13-14H2,1-2H3,(H,22,25). The summed E-state index contributed by atoms with van der Waals surface area (Å²) in [7, 11) is 0. The summed E-state index contributed by atoms with van der Waals surface area (Å²) in [6, 6.07) is 12.0. The van der Waals surface area contributed by atoms with Crippen molar-refractivity contribution in [2.24, 2.45) is 5.92 Å². The molecule has 2 aromatic rings. The number of hydrogen-bond donors (Lipinski definition) is 1. The molecular weight excluding hydrogens is 342 g/mol. The molecule has 1 N–H and O–H groups in total. The SMILES string of the molecule is Cc1ccc([N+](=O)[O-])cc1NC(=O)c1ccc(CN2CCCC(C)C2)cc1. The highest BCUT2D eigenvalue weighted by molar-refractivity contribution is 6.04. The number of aryl methyl sites for hydroxylation is 1. The maximum absolute atomic E-state index is 12.5. The lowest BCUT2D eigenvalue weighted by molar-refractivity contribution is -0.384. The van der Waals surface area contributed by atoms with Gasteiger partial charge in [-0.15, -0.1) is 0 Å². The van der Waals surface area contributed by atoms with Crippen LogP contribution in [-0.2, 0) is 6.54 Å². The van der Waals surface area contributed by atoms with E-state index >= 15 is 0 Å². The lowest BCUT2D eigenvalue weighted by Gasteiger charge is -2.30. The molecule has 1 unspecified atom stereocenters. The summed E-state index contributed by atoms with van der Waals surface area (Å²) in [4.78, 5) is 25.4. The second-order valence-corrected chi connectivity index (χ2v) is 7.39. The van der Waals surface area contributed by atoms with E-state index < -0.39 is 4.92 Å². The maximum Gasteiger partial charge on any atom is 0.271 e. The molecule has 1 saturated heterocycles. The van der Waals surface area contributed by atoms with Crippen molar-refractivity contribution in [3.63, 3.8) is 0 Å². The van der Waals surface area contributed by atoms with E-state index in [1.807, 2.05) is 31.2 Å². The lowest BCUT2D eigenvalue weighted by atomic mass is 9.99. The maximum atomic E-state index is 12.5. The average molecular weight is 367 g/mol. The number of non-ortho nitro benzene ring substituents is 1. The molecule has 0 aliphatic carbocycles. The van der Waals surface area contributed by atoms with E-state index in [9.17, 15) is 14.9 Å². The highest BCUT2D eigenvalue weighted by Crippen LogP contribution is 2.23. The first-order valence-corrected chi connectivity index (χ1v) is 9.30. The van der Waals surface area contributed by atoms with Crippen molar-refractivity contribution in [1.29, 1.82) is 0 Å². The molecule has 6 heteroatoms. The Labute approximate surface area is 159 Å². The number of nitrogens with zero attached hydrogens (tertiary/aromatic N) is 2. The Balaban J connectivity index is 1.65. The molecular formula is C21H25N3O3. The lowest BCUT2D eigenvalue weighted by Crippen LogP contribution is -2.33. The van der Waals surface area contributed by atoms with E-state index in [0.29, 0.717) is 11.3 Å². The summed E-state index contributed by atoms with van der Waals surface area (Å²) >= 11 is 0. The second-order valence-electron chi connectivity index (χ2n) is 7.39. The van der Waals surface area contributed by atoms with Gasteiger partial charge in [0.05, 0.1) is 10.6 Å². The molecule has 1 aliphatic rings. The molecule has 0 spiro atoms. The molecule has 0 radical (unpaired) electrons. The highest BCUT2D eigenvalue weighted by Gasteiger charge is 2.17. The van der Waals surface area contributed by atoms with Gasteiger partial charge in [0.25, 0.3) is 11.6 Å². The number of nitrogens with one attached hydrogen (secondary N) is 1. The van der Waals surface area contributed by atoms with Crippen LogP contribution < -0.4 is 5.32 Å². The minimum atomic E-state index is -0.467. The van der Waals surface area contributed by atoms with Crippen LogP contribution in [0.1, 0.15) is 41.3 Å². The molecule has 1 amide bonds. The van der Waals surface area contributed by atoms with Crippen molar-refractivity contribution in [3.8, 4) is 0 Å². The van der Waals surface area contributed by atoms with Crippen molar-refractivity contribution in [2.75, 3.05) is 18.4 Å². The number of rotatable bonds is 5. The van der Waals surface area contributed by atoms with Crippen molar-refractivity contribution in [2.45, 2.75) is 33.2 Å². The van der Waals surface area contributed by atoms with Crippen LogP contribution in [0.5, 0.6) is 0 Å². The van der Waals surface area contributed by atoms with Crippen LogP contribution in [0.3, 0.4) is 0 Å². The van der Waals surface area contributed by atoms with Gasteiger partial charge in [-0.05, 0) is 55.5 Å². The fourth-order valence-corrected chi connectivity index (χ4v) is 3.50. The van der Waals surface area contributed by atoms with Gasteiger partial charge in [0.2, 0.25) is 0 Å². The zero-order chi connectivity index (χ0) is 19.4. The molecule has 0 bridgehead atoms. The van der Waals surface area contributed by atoms with Gasteiger partial charge in [-0.1, -0.05) is 25.1 Å². The minimum absolute atomic E-state index is 0.0398. The number of likely N-dealkylation sites (tertiary alicyclic amines) is 1. The van der Waals surface area contributed by atoms with E-state index in [0.717, 1.165) is 31.1 Å². The van der Waals surface area contributed by atoms with Crippen molar-refractivity contribution < 1.29 is 9.72 Å². The predicted molar refractivity (Wildman–Crippen MR) is 106 cm³/mol. The number of anilines is 1. The van der Waals surface area contributed by atoms with Crippen LogP contribution >= 0.6 is 0 Å². The fourth-order valence-electron chi connectivity index (χ4n) is 3.50. The summed E-state index contributed by atoms with van der Waals surface area (Å²) in [5.74, 6) is 0.471. The van der Waals surface area contributed by atoms with E-state index in [-0.39, 0.29) is 11.6 Å². The topological polar surface area (TPSA) is 75.5 Å². The Bertz CT molecular complexity index is 833. The number of nitro benzene ring substituents is 1. The molecule has 0 saturated carbocycles. The average Bonchev–Trinajstić information content (AvgIpc) is 2.64. The number of carbonyl (C=O) groups excluding carboxylic acids is 1. The number of piperidine rings is 1. The van der Waals surface area contributed by atoms with E-state index in [4.69, 9.17) is 0 Å². The monoisotopic (exact) mass is 367 g/mol. The Hall–Kier alpha value is -2.73. The molecule has 2 aromatic carbocycles. The number of carbonyl (C=O) groups is 1. The van der Waals surface area contributed by atoms with Gasteiger partial charge in [-0.3, -0.25) is 19.8 Å². The molecule has 0 aromatic heterocycles. The smallest absolute Gasteiger partial charge is 0.271 e. The first kappa shape index (κ1) is 19.0. The molecule has 3 rings (SSSR count). The Morgan fingerprint density at radius 2 is 2.00 bits per heavy atom. The van der Waals surface area contributed by atoms with Gasteiger partial charge < -0.3 is 5.32 Å². The number of amides is 1. The Morgan fingerprint density at radius 1 is 1.26 bits per heavy atom. The quantitative estimate of drug-likeness (QED) is 0.628. The Kier molecular flexibility index (Phi) is 5.86. The van der Waals surface area contributed by atoms with Gasteiger partial charge in [0.1, 0.15) is 0 Å². The molecule has 142 valence electrons. The largest absolute Gasteiger partial charge is 0.321 e. The summed E-state index contributed by atoms with van der Waals surface area (Å²) in [6.45, 7) is 7.24. The number of hydrogen-bond acceptors (Lipinski definition) is 4. The molecule has 1 aliphatic heterocycles. The van der Waals surface area contributed by atoms with Crippen molar-refractivity contribution >= 4 is 17.3 Å². The van der Waals surface area contributed by atoms with Gasteiger partial charge in [-0.25, -0.2) is 0 Å². The zero-order valence-electron chi connectivity index (χ0n) is 15.8. The van der Waals surface area contributed by atoms with E-state index in [1.54, 1.807) is 6.07 Å². The van der Waals surface area contributed by atoms with Crippen LogP contribution in [0.4, 0.5) is 11.4 Å². The van der Waals surface area contributed by atoms with Crippen LogP contribution in [-0.4, -0.2) is 28.8 Å². The molecule has 1 heterocycles. The summed E-state index contributed by atoms with van der Waals surface area (Å²) in [5, 5.41) is 13.7. The third kappa shape index (κ3) is 4.92. The number of benzene rings is 2. The van der Waals surface area contributed by atoms with E-state index in [1.165, 1.54) is 30.5 Å². The molecule has 6 nitrogen and oxygen atoms in total. The van der Waals surface area contributed by atoms with Gasteiger partial charge in [-0.2, -0.15) is 0 Å². The minimum Gasteiger partial charge on any atom is -0.321 e. The first-order chi connectivity index (χ1) is 12.9. The van der Waals surface area contributed by atoms with Gasteiger partial charge >= 0.3 is 0 Å². The van der Waals surface area contributed by atoms with Crippen LogP contribution in [0.15, 0.2) is 42.5 Å². The zero-order valence-corrected chi connectivity index (χ0v) is 15.8. The third-order valence-corrected chi connectivity index (χ3v) is 5.04. The second kappa shape index (κ2) is 8.31. The number of nitro groups is 1. The Morgan fingerprint density at radius 3 is 2.67 bits per heavy atom. The van der Waals surface area contributed by atoms with Gasteiger partial charge in [0.15, 0.2) is 0 Å². The van der Waals surface area contributed by atoms with Crippen molar-refractivity contribution in [3.05, 3.63) is 69.3 Å². The highest BCUT2D eigenvalue weighted by atomic mass is 16.6. The predicted octanol–water partition coefficient (Wildman–Crippen LogP) is 4.39. The summed E-state index contributed by atoms with van der Waals surface area (Å²) in [5.41, 5.74) is 2.93.